The molecule has 1 saturated carbocycles. The van der Waals surface area contributed by atoms with Gasteiger partial charge in [-0.2, -0.15) is 0 Å². The van der Waals surface area contributed by atoms with Gasteiger partial charge in [-0.25, -0.2) is 0 Å². The van der Waals surface area contributed by atoms with E-state index in [2.05, 4.69) is 44.7 Å². The Morgan fingerprint density at radius 2 is 1.69 bits per heavy atom. The molecule has 0 amide bonds. The minimum absolute atomic E-state index is 0.703. The van der Waals surface area contributed by atoms with E-state index in [9.17, 15) is 5.11 Å². The molecule has 1 aliphatic rings. The third kappa shape index (κ3) is 2.13. The molecule has 1 heteroatoms. The molecule has 0 radical (unpaired) electrons. The van der Waals surface area contributed by atoms with E-state index in [0.717, 1.165) is 24.8 Å². The molecule has 16 heavy (non-hydrogen) atoms. The summed E-state index contributed by atoms with van der Waals surface area (Å²) in [5.74, 6) is 6.13. The topological polar surface area (TPSA) is 20.2 Å². The number of aryl methyl sites for hydroxylation is 3. The lowest BCUT2D eigenvalue weighted by atomic mass is 9.81. The van der Waals surface area contributed by atoms with Crippen LogP contribution in [0.25, 0.3) is 0 Å². The minimum Gasteiger partial charge on any atom is -0.378 e. The van der Waals surface area contributed by atoms with Crippen LogP contribution in [-0.2, 0) is 0 Å². The standard InChI is InChI=1S/C15H18O/c1-11-9-13(3)14(10-12(11)2)5-8-15(16)6-4-7-15/h9-10,16H,4,6-7H2,1-3H3. The zero-order valence-corrected chi connectivity index (χ0v) is 10.2. The van der Waals surface area contributed by atoms with Crippen LogP contribution in [0, 0.1) is 32.6 Å². The zero-order valence-electron chi connectivity index (χ0n) is 10.2. The predicted molar refractivity (Wildman–Crippen MR) is 66.3 cm³/mol. The molecular weight excluding hydrogens is 196 g/mol. The maximum atomic E-state index is 9.91. The van der Waals surface area contributed by atoms with Gasteiger partial charge >= 0.3 is 0 Å². The van der Waals surface area contributed by atoms with Gasteiger partial charge in [0.25, 0.3) is 0 Å². The van der Waals surface area contributed by atoms with Crippen molar-refractivity contribution in [2.75, 3.05) is 0 Å². The monoisotopic (exact) mass is 214 g/mol. The van der Waals surface area contributed by atoms with E-state index in [-0.39, 0.29) is 0 Å². The Labute approximate surface area is 97.5 Å². The molecule has 1 aromatic carbocycles. The van der Waals surface area contributed by atoms with Crippen molar-refractivity contribution >= 4 is 0 Å². The van der Waals surface area contributed by atoms with E-state index in [1.54, 1.807) is 0 Å². The van der Waals surface area contributed by atoms with Gasteiger partial charge in [0.05, 0.1) is 0 Å². The van der Waals surface area contributed by atoms with E-state index < -0.39 is 5.60 Å². The largest absolute Gasteiger partial charge is 0.378 e. The van der Waals surface area contributed by atoms with E-state index in [1.165, 1.54) is 16.7 Å². The van der Waals surface area contributed by atoms with Gasteiger partial charge in [0.1, 0.15) is 5.60 Å². The van der Waals surface area contributed by atoms with Crippen LogP contribution in [0.3, 0.4) is 0 Å². The van der Waals surface area contributed by atoms with Crippen LogP contribution in [0.1, 0.15) is 41.5 Å². The number of aliphatic hydroxyl groups is 1. The summed E-state index contributed by atoms with van der Waals surface area (Å²) in [6.07, 6.45) is 2.74. The van der Waals surface area contributed by atoms with Crippen molar-refractivity contribution in [3.63, 3.8) is 0 Å². The van der Waals surface area contributed by atoms with Gasteiger partial charge in [-0.15, -0.1) is 0 Å². The van der Waals surface area contributed by atoms with Crippen molar-refractivity contribution < 1.29 is 5.11 Å². The molecule has 0 atom stereocenters. The van der Waals surface area contributed by atoms with Crippen LogP contribution in [0.2, 0.25) is 0 Å². The SMILES string of the molecule is Cc1cc(C)c(C#CC2(O)CCC2)cc1C. The van der Waals surface area contributed by atoms with Crippen LogP contribution in [0.4, 0.5) is 0 Å². The molecule has 0 bridgehead atoms. The second-order valence-corrected chi connectivity index (χ2v) is 4.89. The highest BCUT2D eigenvalue weighted by Crippen LogP contribution is 2.30. The average Bonchev–Trinajstić information content (AvgIpc) is 2.19. The number of hydrogen-bond acceptors (Lipinski definition) is 1. The molecule has 1 aromatic rings. The first-order valence-electron chi connectivity index (χ1n) is 5.84. The van der Waals surface area contributed by atoms with Crippen LogP contribution in [-0.4, -0.2) is 10.7 Å². The van der Waals surface area contributed by atoms with Crippen molar-refractivity contribution in [1.29, 1.82) is 0 Å². The van der Waals surface area contributed by atoms with Gasteiger partial charge in [0.2, 0.25) is 0 Å². The highest BCUT2D eigenvalue weighted by atomic mass is 16.3. The molecule has 0 spiro atoms. The Morgan fingerprint density at radius 3 is 2.25 bits per heavy atom. The van der Waals surface area contributed by atoms with Gasteiger partial charge in [0, 0.05) is 5.56 Å². The predicted octanol–water partition coefficient (Wildman–Crippen LogP) is 2.88. The number of rotatable bonds is 0. The minimum atomic E-state index is -0.703. The molecule has 0 unspecified atom stereocenters. The van der Waals surface area contributed by atoms with Crippen molar-refractivity contribution in [2.45, 2.75) is 45.6 Å². The fourth-order valence-corrected chi connectivity index (χ4v) is 1.92. The first-order valence-corrected chi connectivity index (χ1v) is 5.84. The summed E-state index contributed by atoms with van der Waals surface area (Å²) in [5, 5.41) is 9.91. The summed E-state index contributed by atoms with van der Waals surface area (Å²) in [6.45, 7) is 6.28. The lowest BCUT2D eigenvalue weighted by Gasteiger charge is -2.30. The Balaban J connectivity index is 2.31. The summed E-state index contributed by atoms with van der Waals surface area (Å²) < 4.78 is 0. The maximum Gasteiger partial charge on any atom is 0.125 e. The first kappa shape index (κ1) is 11.2. The molecule has 1 nitrogen and oxygen atoms in total. The van der Waals surface area contributed by atoms with Gasteiger partial charge in [0.15, 0.2) is 0 Å². The fourth-order valence-electron chi connectivity index (χ4n) is 1.92. The summed E-state index contributed by atoms with van der Waals surface area (Å²) in [4.78, 5) is 0. The fraction of sp³-hybridized carbons (Fsp3) is 0.467. The summed E-state index contributed by atoms with van der Waals surface area (Å²) in [6, 6.07) is 4.27. The number of hydrogen-bond donors (Lipinski definition) is 1. The second kappa shape index (κ2) is 3.96. The molecule has 84 valence electrons. The van der Waals surface area contributed by atoms with E-state index in [0.29, 0.717) is 0 Å². The molecule has 0 heterocycles. The lowest BCUT2D eigenvalue weighted by molar-refractivity contribution is 0.0240. The third-order valence-corrected chi connectivity index (χ3v) is 3.45. The van der Waals surface area contributed by atoms with Gasteiger partial charge in [-0.1, -0.05) is 17.9 Å². The molecule has 0 aliphatic heterocycles. The Hall–Kier alpha value is -1.26. The normalized spacial score (nSPS) is 17.2. The van der Waals surface area contributed by atoms with Crippen LogP contribution in [0.15, 0.2) is 12.1 Å². The van der Waals surface area contributed by atoms with Crippen molar-refractivity contribution in [2.24, 2.45) is 0 Å². The van der Waals surface area contributed by atoms with Crippen LogP contribution >= 0.6 is 0 Å². The van der Waals surface area contributed by atoms with Gasteiger partial charge in [-0.3, -0.25) is 0 Å². The van der Waals surface area contributed by atoms with Crippen molar-refractivity contribution in [3.05, 3.63) is 34.4 Å². The van der Waals surface area contributed by atoms with Crippen molar-refractivity contribution in [1.82, 2.24) is 0 Å². The molecule has 2 rings (SSSR count). The second-order valence-electron chi connectivity index (χ2n) is 4.89. The lowest BCUT2D eigenvalue weighted by Crippen LogP contribution is -2.34. The van der Waals surface area contributed by atoms with E-state index in [4.69, 9.17) is 0 Å². The average molecular weight is 214 g/mol. The summed E-state index contributed by atoms with van der Waals surface area (Å²) in [5.41, 5.74) is 4.09. The molecule has 1 aliphatic carbocycles. The Bertz CT molecular complexity index is 470. The van der Waals surface area contributed by atoms with Crippen molar-refractivity contribution in [3.8, 4) is 11.8 Å². The molecular formula is C15H18O. The van der Waals surface area contributed by atoms with Gasteiger partial charge in [-0.05, 0) is 62.8 Å². The number of benzene rings is 1. The molecule has 1 fully saturated rings. The Kier molecular flexibility index (Phi) is 2.78. The third-order valence-electron chi connectivity index (χ3n) is 3.45. The molecule has 0 aromatic heterocycles. The molecule has 0 saturated heterocycles. The summed E-state index contributed by atoms with van der Waals surface area (Å²) in [7, 11) is 0. The van der Waals surface area contributed by atoms with Crippen LogP contribution < -0.4 is 0 Å². The summed E-state index contributed by atoms with van der Waals surface area (Å²) >= 11 is 0. The molecule has 1 N–H and O–H groups in total. The Morgan fingerprint density at radius 1 is 1.06 bits per heavy atom. The van der Waals surface area contributed by atoms with E-state index >= 15 is 0 Å². The van der Waals surface area contributed by atoms with Gasteiger partial charge < -0.3 is 5.11 Å². The first-order chi connectivity index (χ1) is 7.50. The quantitative estimate of drug-likeness (QED) is 0.658. The zero-order chi connectivity index (χ0) is 11.8. The maximum absolute atomic E-state index is 9.91. The highest BCUT2D eigenvalue weighted by Gasteiger charge is 2.32. The smallest absolute Gasteiger partial charge is 0.125 e. The van der Waals surface area contributed by atoms with E-state index in [1.807, 2.05) is 0 Å². The van der Waals surface area contributed by atoms with Crippen LogP contribution in [0.5, 0.6) is 0 Å². The highest BCUT2D eigenvalue weighted by molar-refractivity contribution is 5.47.